The molecule has 0 radical (unpaired) electrons. The lowest BCUT2D eigenvalue weighted by atomic mass is 9.86. The Bertz CT molecular complexity index is 282. The van der Waals surface area contributed by atoms with E-state index in [4.69, 9.17) is 4.74 Å². The van der Waals surface area contributed by atoms with Crippen LogP contribution in [0.4, 0.5) is 0 Å². The molecule has 2 rings (SSSR count). The maximum atomic E-state index is 11.5. The molecule has 14 heavy (non-hydrogen) atoms. The van der Waals surface area contributed by atoms with E-state index in [1.807, 2.05) is 0 Å². The highest BCUT2D eigenvalue weighted by molar-refractivity contribution is 5.87. The molecule has 2 fully saturated rings. The Morgan fingerprint density at radius 2 is 2.29 bits per heavy atom. The summed E-state index contributed by atoms with van der Waals surface area (Å²) in [5, 5.41) is 0. The largest absolute Gasteiger partial charge is 0.456 e. The molecular weight excluding hydrogens is 176 g/mol. The van der Waals surface area contributed by atoms with E-state index in [1.54, 1.807) is 6.92 Å². The van der Waals surface area contributed by atoms with Gasteiger partial charge in [0.05, 0.1) is 0 Å². The van der Waals surface area contributed by atoms with Gasteiger partial charge in [-0.25, -0.2) is 4.79 Å². The van der Waals surface area contributed by atoms with Crippen molar-refractivity contribution in [3.05, 3.63) is 12.2 Å². The fourth-order valence-electron chi connectivity index (χ4n) is 2.64. The predicted molar refractivity (Wildman–Crippen MR) is 54.8 cm³/mol. The zero-order chi connectivity index (χ0) is 10.3. The van der Waals surface area contributed by atoms with Crippen molar-refractivity contribution in [3.63, 3.8) is 0 Å². The maximum absolute atomic E-state index is 11.5. The first kappa shape index (κ1) is 9.75. The quantitative estimate of drug-likeness (QED) is 0.499. The van der Waals surface area contributed by atoms with E-state index in [0.29, 0.717) is 11.5 Å². The first-order valence-corrected chi connectivity index (χ1v) is 5.42. The van der Waals surface area contributed by atoms with Gasteiger partial charge < -0.3 is 4.74 Å². The van der Waals surface area contributed by atoms with Crippen LogP contribution in [0.3, 0.4) is 0 Å². The zero-order valence-electron chi connectivity index (χ0n) is 9.01. The van der Waals surface area contributed by atoms with Gasteiger partial charge >= 0.3 is 5.97 Å². The van der Waals surface area contributed by atoms with Crippen molar-refractivity contribution in [1.82, 2.24) is 0 Å². The normalized spacial score (nSPS) is 39.9. The lowest BCUT2D eigenvalue weighted by molar-refractivity contribution is -0.158. The lowest BCUT2D eigenvalue weighted by Crippen LogP contribution is -2.37. The Morgan fingerprint density at radius 3 is 2.93 bits per heavy atom. The summed E-state index contributed by atoms with van der Waals surface area (Å²) in [5.74, 6) is 1.23. The average molecular weight is 194 g/mol. The molecule has 3 atom stereocenters. The highest BCUT2D eigenvalue weighted by Gasteiger charge is 2.54. The van der Waals surface area contributed by atoms with Crippen molar-refractivity contribution < 1.29 is 9.53 Å². The van der Waals surface area contributed by atoms with Crippen LogP contribution in [0.15, 0.2) is 12.2 Å². The molecule has 0 aromatic heterocycles. The van der Waals surface area contributed by atoms with Crippen LogP contribution in [-0.2, 0) is 9.53 Å². The number of ether oxygens (including phenoxy) is 1. The summed E-state index contributed by atoms with van der Waals surface area (Å²) in [6.07, 6.45) is 4.79. The number of fused-ring (bicyclic) bond motifs is 1. The third kappa shape index (κ3) is 1.58. The summed E-state index contributed by atoms with van der Waals surface area (Å²) in [4.78, 5) is 11.5. The van der Waals surface area contributed by atoms with Crippen molar-refractivity contribution >= 4 is 5.97 Å². The molecule has 2 aliphatic rings. The Labute approximate surface area is 85.3 Å². The maximum Gasteiger partial charge on any atom is 0.333 e. The first-order valence-electron chi connectivity index (χ1n) is 5.42. The van der Waals surface area contributed by atoms with Gasteiger partial charge in [0.1, 0.15) is 5.60 Å². The van der Waals surface area contributed by atoms with Crippen LogP contribution in [0, 0.1) is 11.8 Å². The minimum Gasteiger partial charge on any atom is -0.456 e. The van der Waals surface area contributed by atoms with Crippen LogP contribution >= 0.6 is 0 Å². The second-order valence-electron chi connectivity index (χ2n) is 4.98. The summed E-state index contributed by atoms with van der Waals surface area (Å²) in [5.41, 5.74) is 0.313. The minimum atomic E-state index is -0.222. The van der Waals surface area contributed by atoms with Gasteiger partial charge in [-0.15, -0.1) is 0 Å². The van der Waals surface area contributed by atoms with Gasteiger partial charge in [-0.2, -0.15) is 0 Å². The van der Waals surface area contributed by atoms with Crippen molar-refractivity contribution in [1.29, 1.82) is 0 Å². The SMILES string of the molecule is C=C(C)C(=O)OC1(C)CCCC2CC21. The fraction of sp³-hybridized carbons (Fsp3) is 0.750. The number of hydrogen-bond acceptors (Lipinski definition) is 2. The Hall–Kier alpha value is -0.790. The fourth-order valence-corrected chi connectivity index (χ4v) is 2.64. The summed E-state index contributed by atoms with van der Waals surface area (Å²) in [7, 11) is 0. The van der Waals surface area contributed by atoms with Crippen LogP contribution in [0.2, 0.25) is 0 Å². The highest BCUT2D eigenvalue weighted by Crippen LogP contribution is 2.56. The standard InChI is InChI=1S/C12H18O2/c1-8(2)11(13)14-12(3)6-4-5-9-7-10(9)12/h9-10H,1,4-7H2,2-3H3. The van der Waals surface area contributed by atoms with Crippen LogP contribution in [0.5, 0.6) is 0 Å². The van der Waals surface area contributed by atoms with Crippen molar-refractivity contribution in [2.24, 2.45) is 11.8 Å². The molecular formula is C12H18O2. The van der Waals surface area contributed by atoms with E-state index in [2.05, 4.69) is 13.5 Å². The molecule has 2 aliphatic carbocycles. The second kappa shape index (κ2) is 3.11. The van der Waals surface area contributed by atoms with Crippen LogP contribution in [-0.4, -0.2) is 11.6 Å². The van der Waals surface area contributed by atoms with E-state index in [-0.39, 0.29) is 11.6 Å². The second-order valence-corrected chi connectivity index (χ2v) is 4.98. The molecule has 3 unspecified atom stereocenters. The van der Waals surface area contributed by atoms with Gasteiger partial charge in [-0.05, 0) is 45.4 Å². The molecule has 0 bridgehead atoms. The van der Waals surface area contributed by atoms with E-state index >= 15 is 0 Å². The van der Waals surface area contributed by atoms with Gasteiger partial charge in [-0.3, -0.25) is 0 Å². The molecule has 0 aromatic rings. The van der Waals surface area contributed by atoms with Gasteiger partial charge in [0.15, 0.2) is 0 Å². The average Bonchev–Trinajstić information content (AvgIpc) is 2.84. The first-order chi connectivity index (χ1) is 6.53. The molecule has 0 amide bonds. The number of rotatable bonds is 2. The summed E-state index contributed by atoms with van der Waals surface area (Å²) in [6, 6.07) is 0. The molecule has 0 spiro atoms. The lowest BCUT2D eigenvalue weighted by Gasteiger charge is -2.33. The zero-order valence-corrected chi connectivity index (χ0v) is 9.01. The molecule has 0 aliphatic heterocycles. The molecule has 0 N–H and O–H groups in total. The summed E-state index contributed by atoms with van der Waals surface area (Å²) < 4.78 is 5.56. The summed E-state index contributed by atoms with van der Waals surface area (Å²) in [6.45, 7) is 7.40. The van der Waals surface area contributed by atoms with Crippen LogP contribution in [0.25, 0.3) is 0 Å². The monoisotopic (exact) mass is 194 g/mol. The van der Waals surface area contributed by atoms with Crippen molar-refractivity contribution in [2.45, 2.75) is 45.1 Å². The molecule has 2 heteroatoms. The van der Waals surface area contributed by atoms with E-state index in [9.17, 15) is 4.79 Å². The molecule has 0 heterocycles. The Kier molecular flexibility index (Phi) is 2.17. The number of hydrogen-bond donors (Lipinski definition) is 0. The van der Waals surface area contributed by atoms with Crippen LogP contribution < -0.4 is 0 Å². The van der Waals surface area contributed by atoms with Gasteiger partial charge in [0.25, 0.3) is 0 Å². The predicted octanol–water partition coefficient (Wildman–Crippen LogP) is 2.68. The summed E-state index contributed by atoms with van der Waals surface area (Å²) >= 11 is 0. The number of carbonyl (C=O) groups excluding carboxylic acids is 1. The number of carbonyl (C=O) groups is 1. The van der Waals surface area contributed by atoms with Crippen molar-refractivity contribution in [2.75, 3.05) is 0 Å². The minimum absolute atomic E-state index is 0.195. The Morgan fingerprint density at radius 1 is 1.57 bits per heavy atom. The van der Waals surface area contributed by atoms with Gasteiger partial charge in [0, 0.05) is 11.5 Å². The topological polar surface area (TPSA) is 26.3 Å². The Balaban J connectivity index is 2.01. The number of esters is 1. The third-order valence-electron chi connectivity index (χ3n) is 3.63. The molecule has 2 saturated carbocycles. The molecule has 78 valence electrons. The van der Waals surface area contributed by atoms with Crippen LogP contribution in [0.1, 0.15) is 39.5 Å². The highest BCUT2D eigenvalue weighted by atomic mass is 16.6. The molecule has 0 aromatic carbocycles. The molecule has 2 nitrogen and oxygen atoms in total. The van der Waals surface area contributed by atoms with E-state index in [0.717, 1.165) is 12.3 Å². The van der Waals surface area contributed by atoms with Gasteiger partial charge in [0.2, 0.25) is 0 Å². The third-order valence-corrected chi connectivity index (χ3v) is 3.63. The van der Waals surface area contributed by atoms with Crippen molar-refractivity contribution in [3.8, 4) is 0 Å². The molecule has 0 saturated heterocycles. The smallest absolute Gasteiger partial charge is 0.333 e. The van der Waals surface area contributed by atoms with E-state index in [1.165, 1.54) is 19.3 Å². The van der Waals surface area contributed by atoms with Gasteiger partial charge in [-0.1, -0.05) is 6.58 Å². The van der Waals surface area contributed by atoms with E-state index < -0.39 is 0 Å².